The Labute approximate surface area is 125 Å². The molecule has 1 atom stereocenters. The highest BCUT2D eigenvalue weighted by molar-refractivity contribution is 5.90. The molecule has 1 rings (SSSR count). The van der Waals surface area contributed by atoms with E-state index in [1.807, 2.05) is 45.0 Å². The average molecular weight is 293 g/mol. The highest BCUT2D eigenvalue weighted by atomic mass is 16.5. The van der Waals surface area contributed by atoms with Gasteiger partial charge in [0, 0.05) is 0 Å². The summed E-state index contributed by atoms with van der Waals surface area (Å²) in [7, 11) is 0. The van der Waals surface area contributed by atoms with E-state index in [0.29, 0.717) is 0 Å². The number of amides is 1. The zero-order chi connectivity index (χ0) is 15.8. The Morgan fingerprint density at radius 3 is 2.76 bits per heavy atom. The maximum absolute atomic E-state index is 11.9. The first-order valence-electron chi connectivity index (χ1n) is 6.90. The van der Waals surface area contributed by atoms with Crippen molar-refractivity contribution in [3.8, 4) is 5.75 Å². The predicted octanol–water partition coefficient (Wildman–Crippen LogP) is 1.65. The van der Waals surface area contributed by atoms with Crippen LogP contribution in [0.1, 0.15) is 25.8 Å². The number of carbonyl (C=O) groups excluding carboxylic acids is 1. The minimum atomic E-state index is -0.485. The van der Waals surface area contributed by atoms with Gasteiger partial charge in [-0.1, -0.05) is 31.1 Å². The van der Waals surface area contributed by atoms with Crippen molar-refractivity contribution in [3.05, 3.63) is 29.8 Å². The first-order chi connectivity index (χ1) is 9.93. The zero-order valence-corrected chi connectivity index (χ0v) is 12.7. The summed E-state index contributed by atoms with van der Waals surface area (Å²) in [4.78, 5) is 11.9. The topological polar surface area (TPSA) is 96.9 Å². The van der Waals surface area contributed by atoms with Crippen molar-refractivity contribution in [2.24, 2.45) is 16.8 Å². The Balaban J connectivity index is 2.43. The largest absolute Gasteiger partial charge is 0.493 e. The third kappa shape index (κ3) is 5.72. The monoisotopic (exact) mass is 293 g/mol. The summed E-state index contributed by atoms with van der Waals surface area (Å²) in [6.45, 7) is 6.01. The molecule has 0 heterocycles. The molecule has 0 aliphatic rings. The fourth-order valence-electron chi connectivity index (χ4n) is 1.86. The molecule has 1 amide bonds. The van der Waals surface area contributed by atoms with Gasteiger partial charge in [-0.15, -0.1) is 0 Å². The van der Waals surface area contributed by atoms with Gasteiger partial charge in [-0.05, 0) is 30.5 Å². The van der Waals surface area contributed by atoms with E-state index in [9.17, 15) is 4.79 Å². The smallest absolute Gasteiger partial charge is 0.224 e. The van der Waals surface area contributed by atoms with Gasteiger partial charge in [0.2, 0.25) is 5.91 Å². The van der Waals surface area contributed by atoms with Crippen LogP contribution in [0.25, 0.3) is 0 Å². The number of ether oxygens (including phenoxy) is 1. The van der Waals surface area contributed by atoms with Gasteiger partial charge in [-0.2, -0.15) is 0 Å². The molecule has 6 heteroatoms. The van der Waals surface area contributed by atoms with Gasteiger partial charge < -0.3 is 21.0 Å². The number of nitrogens with one attached hydrogen (secondary N) is 1. The summed E-state index contributed by atoms with van der Waals surface area (Å²) in [6, 6.07) is 7.15. The Kier molecular flexibility index (Phi) is 6.52. The number of oxime groups is 1. The maximum atomic E-state index is 11.9. The van der Waals surface area contributed by atoms with Crippen molar-refractivity contribution in [2.75, 3.05) is 6.61 Å². The lowest BCUT2D eigenvalue weighted by molar-refractivity contribution is -0.122. The van der Waals surface area contributed by atoms with E-state index < -0.39 is 6.04 Å². The number of nitrogens with zero attached hydrogens (tertiary/aromatic N) is 1. The number of rotatable bonds is 7. The van der Waals surface area contributed by atoms with Crippen LogP contribution in [0.5, 0.6) is 5.75 Å². The molecule has 1 aromatic rings. The van der Waals surface area contributed by atoms with E-state index in [1.165, 1.54) is 0 Å². The predicted molar refractivity (Wildman–Crippen MR) is 81.5 cm³/mol. The number of amidine groups is 1. The molecule has 0 aliphatic heterocycles. The molecule has 1 aromatic carbocycles. The molecule has 0 fully saturated rings. The average Bonchev–Trinajstić information content (AvgIpc) is 2.43. The van der Waals surface area contributed by atoms with Crippen molar-refractivity contribution in [3.63, 3.8) is 0 Å². The molecule has 0 saturated carbocycles. The summed E-state index contributed by atoms with van der Waals surface area (Å²) < 4.78 is 5.51. The number of carbonyl (C=O) groups is 1. The van der Waals surface area contributed by atoms with Crippen LogP contribution in [-0.2, 0) is 4.79 Å². The van der Waals surface area contributed by atoms with Crippen LogP contribution in [0.4, 0.5) is 0 Å². The van der Waals surface area contributed by atoms with E-state index >= 15 is 0 Å². The molecular formula is C15H23N3O3. The lowest BCUT2D eigenvalue weighted by Gasteiger charge is -2.20. The third-order valence-corrected chi connectivity index (χ3v) is 3.00. The fraction of sp³-hybridized carbons (Fsp3) is 0.467. The Morgan fingerprint density at radius 2 is 2.19 bits per heavy atom. The summed E-state index contributed by atoms with van der Waals surface area (Å²) in [5.41, 5.74) is 6.66. The van der Waals surface area contributed by atoms with Gasteiger partial charge in [-0.25, -0.2) is 0 Å². The van der Waals surface area contributed by atoms with Crippen LogP contribution in [0.3, 0.4) is 0 Å². The van der Waals surface area contributed by atoms with Gasteiger partial charge in [0.1, 0.15) is 5.75 Å². The van der Waals surface area contributed by atoms with E-state index in [2.05, 4.69) is 10.5 Å². The minimum absolute atomic E-state index is 0.00190. The molecule has 21 heavy (non-hydrogen) atoms. The first kappa shape index (κ1) is 16.8. The van der Waals surface area contributed by atoms with Crippen molar-refractivity contribution >= 4 is 11.7 Å². The van der Waals surface area contributed by atoms with Gasteiger partial charge in [-0.3, -0.25) is 4.79 Å². The SMILES string of the molecule is Cc1cccc(OCCC(=O)NC(C(N)=NO)C(C)C)c1. The number of hydrogen-bond acceptors (Lipinski definition) is 4. The van der Waals surface area contributed by atoms with Crippen LogP contribution in [0.15, 0.2) is 29.4 Å². The van der Waals surface area contributed by atoms with Gasteiger partial charge in [0.15, 0.2) is 5.84 Å². The molecule has 116 valence electrons. The third-order valence-electron chi connectivity index (χ3n) is 3.00. The fourth-order valence-corrected chi connectivity index (χ4v) is 1.86. The van der Waals surface area contributed by atoms with Crippen LogP contribution >= 0.6 is 0 Å². The molecule has 0 aromatic heterocycles. The summed E-state index contributed by atoms with van der Waals surface area (Å²) in [5, 5.41) is 14.4. The zero-order valence-electron chi connectivity index (χ0n) is 12.7. The normalized spacial score (nSPS) is 13.0. The lowest BCUT2D eigenvalue weighted by Crippen LogP contribution is -2.48. The number of nitrogens with two attached hydrogens (primary N) is 1. The molecule has 0 spiro atoms. The molecule has 0 saturated heterocycles. The van der Waals surface area contributed by atoms with Crippen molar-refractivity contribution in [2.45, 2.75) is 33.2 Å². The second kappa shape index (κ2) is 8.14. The molecular weight excluding hydrogens is 270 g/mol. The molecule has 1 unspecified atom stereocenters. The molecule has 0 bridgehead atoms. The Hall–Kier alpha value is -2.24. The Morgan fingerprint density at radius 1 is 1.48 bits per heavy atom. The van der Waals surface area contributed by atoms with Crippen molar-refractivity contribution in [1.82, 2.24) is 5.32 Å². The lowest BCUT2D eigenvalue weighted by atomic mass is 10.0. The quantitative estimate of drug-likeness (QED) is 0.308. The second-order valence-electron chi connectivity index (χ2n) is 5.23. The van der Waals surface area contributed by atoms with Gasteiger partial charge in [0.25, 0.3) is 0 Å². The number of benzene rings is 1. The van der Waals surface area contributed by atoms with Crippen LogP contribution < -0.4 is 15.8 Å². The highest BCUT2D eigenvalue weighted by Crippen LogP contribution is 2.12. The minimum Gasteiger partial charge on any atom is -0.493 e. The maximum Gasteiger partial charge on any atom is 0.224 e. The highest BCUT2D eigenvalue weighted by Gasteiger charge is 2.20. The van der Waals surface area contributed by atoms with Crippen molar-refractivity contribution < 1.29 is 14.7 Å². The van der Waals surface area contributed by atoms with E-state index in [4.69, 9.17) is 15.7 Å². The van der Waals surface area contributed by atoms with E-state index in [0.717, 1.165) is 11.3 Å². The van der Waals surface area contributed by atoms with Crippen molar-refractivity contribution in [1.29, 1.82) is 0 Å². The molecule has 4 N–H and O–H groups in total. The van der Waals surface area contributed by atoms with Gasteiger partial charge in [0.05, 0.1) is 19.1 Å². The van der Waals surface area contributed by atoms with Crippen LogP contribution in [0.2, 0.25) is 0 Å². The number of aryl methyl sites for hydroxylation is 1. The molecule has 0 radical (unpaired) electrons. The standard InChI is InChI=1S/C15H23N3O3/c1-10(2)14(15(16)18-20)17-13(19)7-8-21-12-6-4-5-11(3)9-12/h4-6,9-10,14,20H,7-8H2,1-3H3,(H2,16,18)(H,17,19). The second-order valence-corrected chi connectivity index (χ2v) is 5.23. The van der Waals surface area contributed by atoms with E-state index in [1.54, 1.807) is 0 Å². The van der Waals surface area contributed by atoms with Crippen LogP contribution in [-0.4, -0.2) is 29.6 Å². The number of hydrogen-bond donors (Lipinski definition) is 3. The summed E-state index contributed by atoms with van der Waals surface area (Å²) >= 11 is 0. The van der Waals surface area contributed by atoms with Gasteiger partial charge >= 0.3 is 0 Å². The summed E-state index contributed by atoms with van der Waals surface area (Å²) in [6.07, 6.45) is 0.204. The molecule has 6 nitrogen and oxygen atoms in total. The Bertz CT molecular complexity index is 501. The van der Waals surface area contributed by atoms with Crippen LogP contribution in [0, 0.1) is 12.8 Å². The van der Waals surface area contributed by atoms with E-state index in [-0.39, 0.29) is 30.7 Å². The molecule has 0 aliphatic carbocycles. The first-order valence-corrected chi connectivity index (χ1v) is 6.90. The summed E-state index contributed by atoms with van der Waals surface area (Å²) in [5.74, 6) is 0.563.